The molecular formula is C21H25Cl2NO4S. The molecule has 0 unspecified atom stereocenters. The van der Waals surface area contributed by atoms with E-state index in [-0.39, 0.29) is 18.4 Å². The van der Waals surface area contributed by atoms with Crippen molar-refractivity contribution in [1.82, 2.24) is 4.31 Å². The maximum absolute atomic E-state index is 11.4. The molecule has 0 bridgehead atoms. The van der Waals surface area contributed by atoms with Crippen molar-refractivity contribution in [2.45, 2.75) is 43.4 Å². The minimum atomic E-state index is -3.29. The maximum Gasteiger partial charge on any atom is 0.305 e. The lowest BCUT2D eigenvalue weighted by Gasteiger charge is -2.57. The Bertz CT molecular complexity index is 862. The van der Waals surface area contributed by atoms with Crippen molar-refractivity contribution < 1.29 is 19.0 Å². The first-order valence-electron chi connectivity index (χ1n) is 9.50. The van der Waals surface area contributed by atoms with Gasteiger partial charge in [0.05, 0.1) is 17.7 Å². The van der Waals surface area contributed by atoms with E-state index in [2.05, 4.69) is 0 Å². The van der Waals surface area contributed by atoms with Crippen LogP contribution >= 0.6 is 34.0 Å². The van der Waals surface area contributed by atoms with E-state index in [1.54, 1.807) is 22.5 Å². The molecule has 0 aromatic heterocycles. The molecule has 1 aliphatic heterocycles. The number of benzene rings is 2. The Morgan fingerprint density at radius 3 is 2.38 bits per heavy atom. The molecule has 3 rings (SSSR count). The van der Waals surface area contributed by atoms with Crippen LogP contribution in [0.3, 0.4) is 0 Å². The number of carboxylic acid groups (broad SMARTS) is 1. The largest absolute Gasteiger partial charge is 0.481 e. The fraction of sp³-hybridized carbons (Fsp3) is 0.381. The summed E-state index contributed by atoms with van der Waals surface area (Å²) in [6.07, 6.45) is 0.734. The molecule has 1 heterocycles. The molecule has 2 aromatic rings. The highest BCUT2D eigenvalue weighted by atomic mass is 35.5. The van der Waals surface area contributed by atoms with Gasteiger partial charge in [-0.15, -0.1) is 10.8 Å². The lowest BCUT2D eigenvalue weighted by Crippen LogP contribution is -2.46. The quantitative estimate of drug-likeness (QED) is 0.464. The van der Waals surface area contributed by atoms with Crippen molar-refractivity contribution in [1.29, 1.82) is 0 Å². The fourth-order valence-corrected chi connectivity index (χ4v) is 6.69. The van der Waals surface area contributed by atoms with Crippen LogP contribution in [-0.4, -0.2) is 36.3 Å². The number of carbonyl (C=O) groups is 1. The highest BCUT2D eigenvalue weighted by molar-refractivity contribution is 8.22. The van der Waals surface area contributed by atoms with Gasteiger partial charge in [-0.1, -0.05) is 54.4 Å². The molecule has 158 valence electrons. The summed E-state index contributed by atoms with van der Waals surface area (Å²) >= 11 is 12.3. The third-order valence-corrected chi connectivity index (χ3v) is 8.18. The molecule has 0 spiro atoms. The Hall–Kier alpha value is -1.28. The van der Waals surface area contributed by atoms with Gasteiger partial charge in [0.1, 0.15) is 0 Å². The van der Waals surface area contributed by atoms with Crippen molar-refractivity contribution in [3.8, 4) is 0 Å². The topological polar surface area (TPSA) is 81.0 Å². The van der Waals surface area contributed by atoms with E-state index in [0.717, 1.165) is 11.1 Å². The SMILES string of the molecule is CCCN1[C@H](c2ccc(Cl)cc2)[C@@H](c2cccc(Cl)c2)C[C@@H](CC(=O)O)S1(O)O. The Morgan fingerprint density at radius 2 is 1.79 bits per heavy atom. The number of nitrogens with zero attached hydrogens (tertiary/aromatic N) is 1. The Balaban J connectivity index is 2.14. The minimum Gasteiger partial charge on any atom is -0.481 e. The Labute approximate surface area is 182 Å². The second-order valence-corrected chi connectivity index (χ2v) is 10.4. The van der Waals surface area contributed by atoms with E-state index in [0.29, 0.717) is 29.4 Å². The number of halogens is 2. The average Bonchev–Trinajstić information content (AvgIpc) is 2.66. The normalized spacial score (nSPS) is 25.5. The summed E-state index contributed by atoms with van der Waals surface area (Å²) in [4.78, 5) is 11.4. The predicted molar refractivity (Wildman–Crippen MR) is 119 cm³/mol. The molecule has 0 amide bonds. The van der Waals surface area contributed by atoms with Crippen LogP contribution in [0.2, 0.25) is 10.0 Å². The molecule has 3 atom stereocenters. The molecule has 3 N–H and O–H groups in total. The number of hydrogen-bond donors (Lipinski definition) is 3. The standard InChI is InChI=1S/C21H25Cl2NO4S/c1-2-10-24-21(14-6-8-16(22)9-7-14)19(15-4-3-5-17(23)11-15)12-18(13-20(25)26)29(24,27)28/h3-9,11,18-19,21,27-28H,2,10,12-13H2,1H3,(H,25,26)/t18-,19+,21+/m0/s1. The molecule has 0 aliphatic carbocycles. The number of carboxylic acids is 1. The molecule has 5 nitrogen and oxygen atoms in total. The van der Waals surface area contributed by atoms with Gasteiger partial charge >= 0.3 is 5.97 Å². The van der Waals surface area contributed by atoms with Gasteiger partial charge in [0.2, 0.25) is 0 Å². The van der Waals surface area contributed by atoms with Gasteiger partial charge in [0.15, 0.2) is 0 Å². The summed E-state index contributed by atoms with van der Waals surface area (Å²) in [5.41, 5.74) is 1.85. The average molecular weight is 458 g/mol. The van der Waals surface area contributed by atoms with Crippen LogP contribution in [0.1, 0.15) is 49.3 Å². The summed E-state index contributed by atoms with van der Waals surface area (Å²) < 4.78 is 24.0. The summed E-state index contributed by atoms with van der Waals surface area (Å²) in [5, 5.41) is 9.79. The summed E-state index contributed by atoms with van der Waals surface area (Å²) in [6, 6.07) is 14.5. The molecular weight excluding hydrogens is 433 g/mol. The van der Waals surface area contributed by atoms with Crippen LogP contribution in [-0.2, 0) is 4.79 Å². The van der Waals surface area contributed by atoms with Crippen LogP contribution < -0.4 is 0 Å². The molecule has 8 heteroatoms. The van der Waals surface area contributed by atoms with Crippen molar-refractivity contribution in [3.05, 3.63) is 69.7 Å². The van der Waals surface area contributed by atoms with Crippen LogP contribution in [0, 0.1) is 0 Å². The number of rotatable bonds is 6. The van der Waals surface area contributed by atoms with Crippen LogP contribution in [0.15, 0.2) is 48.5 Å². The first kappa shape index (κ1) is 22.4. The fourth-order valence-electron chi connectivity index (χ4n) is 4.10. The van der Waals surface area contributed by atoms with Gasteiger partial charge in [0.25, 0.3) is 0 Å². The molecule has 2 aromatic carbocycles. The van der Waals surface area contributed by atoms with Gasteiger partial charge in [-0.2, -0.15) is 4.31 Å². The second kappa shape index (κ2) is 9.25. The smallest absolute Gasteiger partial charge is 0.305 e. The van der Waals surface area contributed by atoms with Crippen LogP contribution in [0.5, 0.6) is 0 Å². The minimum absolute atomic E-state index is 0.147. The zero-order valence-electron chi connectivity index (χ0n) is 16.0. The van der Waals surface area contributed by atoms with Gasteiger partial charge in [-0.3, -0.25) is 13.9 Å². The number of hydrogen-bond acceptors (Lipinski definition) is 4. The van der Waals surface area contributed by atoms with E-state index in [1.165, 1.54) is 0 Å². The third kappa shape index (κ3) is 4.90. The first-order valence-corrected chi connectivity index (χ1v) is 11.8. The van der Waals surface area contributed by atoms with E-state index in [4.69, 9.17) is 23.2 Å². The first-order chi connectivity index (χ1) is 13.7. The van der Waals surface area contributed by atoms with Crippen LogP contribution in [0.25, 0.3) is 0 Å². The molecule has 1 aliphatic rings. The Kier molecular flexibility index (Phi) is 7.14. The van der Waals surface area contributed by atoms with Crippen molar-refractivity contribution in [2.24, 2.45) is 0 Å². The lowest BCUT2D eigenvalue weighted by molar-refractivity contribution is -0.137. The molecule has 0 saturated carbocycles. The van der Waals surface area contributed by atoms with E-state index >= 15 is 0 Å². The summed E-state index contributed by atoms with van der Waals surface area (Å²) in [7, 11) is -3.29. The Morgan fingerprint density at radius 1 is 1.10 bits per heavy atom. The van der Waals surface area contributed by atoms with Crippen LogP contribution in [0.4, 0.5) is 0 Å². The van der Waals surface area contributed by atoms with Gasteiger partial charge in [0, 0.05) is 22.5 Å². The van der Waals surface area contributed by atoms with Gasteiger partial charge in [-0.05, 0) is 48.2 Å². The van der Waals surface area contributed by atoms with Crippen molar-refractivity contribution in [3.63, 3.8) is 0 Å². The lowest BCUT2D eigenvalue weighted by atomic mass is 9.82. The third-order valence-electron chi connectivity index (χ3n) is 5.34. The second-order valence-electron chi connectivity index (χ2n) is 7.32. The van der Waals surface area contributed by atoms with E-state index < -0.39 is 22.0 Å². The van der Waals surface area contributed by atoms with Crippen molar-refractivity contribution >= 4 is 39.9 Å². The molecule has 1 saturated heterocycles. The van der Waals surface area contributed by atoms with Gasteiger partial charge < -0.3 is 5.11 Å². The highest BCUT2D eigenvalue weighted by Crippen LogP contribution is 2.63. The van der Waals surface area contributed by atoms with Crippen molar-refractivity contribution in [2.75, 3.05) is 6.54 Å². The monoisotopic (exact) mass is 457 g/mol. The molecule has 0 radical (unpaired) electrons. The zero-order valence-corrected chi connectivity index (χ0v) is 18.4. The maximum atomic E-state index is 11.4. The van der Waals surface area contributed by atoms with Gasteiger partial charge in [-0.25, -0.2) is 0 Å². The van der Waals surface area contributed by atoms with E-state index in [1.807, 2.05) is 37.3 Å². The predicted octanol–water partition coefficient (Wildman–Crippen LogP) is 6.44. The summed E-state index contributed by atoms with van der Waals surface area (Å²) in [5.74, 6) is -1.19. The van der Waals surface area contributed by atoms with E-state index in [9.17, 15) is 19.0 Å². The highest BCUT2D eigenvalue weighted by Gasteiger charge is 2.47. The molecule has 1 fully saturated rings. The zero-order chi connectivity index (χ0) is 21.2. The summed E-state index contributed by atoms with van der Waals surface area (Å²) in [6.45, 7) is 2.40. The number of aliphatic carboxylic acids is 1. The molecule has 29 heavy (non-hydrogen) atoms.